The van der Waals surface area contributed by atoms with Crippen molar-refractivity contribution in [2.45, 2.75) is 58.9 Å². The Kier molecular flexibility index (Phi) is 8.76. The zero-order valence-electron chi connectivity index (χ0n) is 17.0. The van der Waals surface area contributed by atoms with Crippen LogP contribution in [0.5, 0.6) is 0 Å². The minimum Gasteiger partial charge on any atom is -0.349 e. The molecule has 1 heterocycles. The zero-order chi connectivity index (χ0) is 19.3. The number of hydrogen-bond acceptors (Lipinski definition) is 3. The maximum Gasteiger partial charge on any atom is 0.253 e. The van der Waals surface area contributed by atoms with Crippen LogP contribution in [0.2, 0.25) is 0 Å². The summed E-state index contributed by atoms with van der Waals surface area (Å²) in [5, 5.41) is 3.16. The first kappa shape index (κ1) is 23.4. The molecule has 0 aromatic heterocycles. The molecule has 5 nitrogen and oxygen atoms in total. The van der Waals surface area contributed by atoms with Gasteiger partial charge in [-0.05, 0) is 51.7 Å². The highest BCUT2D eigenvalue weighted by molar-refractivity contribution is 5.95. The SMILES string of the molecule is CCC(CC)(CN)NC(=O)C1CCCN(C(=O)c2cc(C)cc(C)c2)C1.Cl. The maximum atomic E-state index is 12.9. The topological polar surface area (TPSA) is 75.4 Å². The second kappa shape index (κ2) is 10.1. The molecule has 0 radical (unpaired) electrons. The first-order chi connectivity index (χ1) is 12.3. The lowest BCUT2D eigenvalue weighted by molar-refractivity contribution is -0.128. The number of nitrogens with one attached hydrogen (secondary N) is 1. The monoisotopic (exact) mass is 395 g/mol. The Balaban J connectivity index is 0.00000364. The number of aryl methyl sites for hydroxylation is 2. The molecule has 27 heavy (non-hydrogen) atoms. The zero-order valence-corrected chi connectivity index (χ0v) is 17.8. The second-order valence-electron chi connectivity index (χ2n) is 7.65. The summed E-state index contributed by atoms with van der Waals surface area (Å²) in [6.07, 6.45) is 3.28. The molecule has 1 aromatic rings. The molecular weight excluding hydrogens is 362 g/mol. The molecule has 1 aromatic carbocycles. The molecule has 1 aliphatic heterocycles. The van der Waals surface area contributed by atoms with Crippen LogP contribution in [0.25, 0.3) is 0 Å². The molecule has 6 heteroatoms. The lowest BCUT2D eigenvalue weighted by Gasteiger charge is -2.36. The van der Waals surface area contributed by atoms with Crippen LogP contribution in [-0.2, 0) is 4.79 Å². The van der Waals surface area contributed by atoms with Gasteiger partial charge in [-0.2, -0.15) is 0 Å². The van der Waals surface area contributed by atoms with Gasteiger partial charge in [0, 0.05) is 25.2 Å². The van der Waals surface area contributed by atoms with Gasteiger partial charge < -0.3 is 16.0 Å². The lowest BCUT2D eigenvalue weighted by Crippen LogP contribution is -2.56. The van der Waals surface area contributed by atoms with Gasteiger partial charge in [0.2, 0.25) is 5.91 Å². The van der Waals surface area contributed by atoms with E-state index in [9.17, 15) is 9.59 Å². The number of nitrogens with two attached hydrogens (primary N) is 1. The minimum absolute atomic E-state index is 0. The van der Waals surface area contributed by atoms with E-state index in [1.54, 1.807) is 0 Å². The predicted octanol–water partition coefficient (Wildman–Crippen LogP) is 3.21. The number of piperidine rings is 1. The van der Waals surface area contributed by atoms with E-state index in [1.165, 1.54) is 0 Å². The fraction of sp³-hybridized carbons (Fsp3) is 0.619. The largest absolute Gasteiger partial charge is 0.349 e. The van der Waals surface area contributed by atoms with Crippen molar-refractivity contribution in [3.8, 4) is 0 Å². The third-order valence-electron chi connectivity index (χ3n) is 5.68. The van der Waals surface area contributed by atoms with Gasteiger partial charge in [-0.15, -0.1) is 12.4 Å². The number of hydrogen-bond donors (Lipinski definition) is 2. The summed E-state index contributed by atoms with van der Waals surface area (Å²) in [7, 11) is 0. The average Bonchev–Trinajstić information content (AvgIpc) is 2.65. The van der Waals surface area contributed by atoms with E-state index < -0.39 is 0 Å². The maximum absolute atomic E-state index is 12.9. The van der Waals surface area contributed by atoms with E-state index in [1.807, 2.05) is 44.7 Å². The van der Waals surface area contributed by atoms with Crippen LogP contribution >= 0.6 is 12.4 Å². The summed E-state index contributed by atoms with van der Waals surface area (Å²) >= 11 is 0. The quantitative estimate of drug-likeness (QED) is 0.776. The van der Waals surface area contributed by atoms with Crippen molar-refractivity contribution in [3.05, 3.63) is 34.9 Å². The van der Waals surface area contributed by atoms with Gasteiger partial charge in [0.1, 0.15) is 0 Å². The van der Waals surface area contributed by atoms with Gasteiger partial charge in [0.05, 0.1) is 11.5 Å². The first-order valence-corrected chi connectivity index (χ1v) is 9.73. The highest BCUT2D eigenvalue weighted by Gasteiger charge is 2.33. The van der Waals surface area contributed by atoms with Crippen LogP contribution in [0.4, 0.5) is 0 Å². The van der Waals surface area contributed by atoms with Gasteiger partial charge >= 0.3 is 0 Å². The summed E-state index contributed by atoms with van der Waals surface area (Å²) < 4.78 is 0. The minimum atomic E-state index is -0.336. The lowest BCUT2D eigenvalue weighted by atomic mass is 9.90. The Labute approximate surface area is 169 Å². The second-order valence-corrected chi connectivity index (χ2v) is 7.65. The Morgan fingerprint density at radius 2 is 1.78 bits per heavy atom. The molecule has 1 unspecified atom stereocenters. The standard InChI is InChI=1S/C21H33N3O2.ClH/c1-5-21(6-2,14-22)23-19(25)17-8-7-9-24(13-17)20(26)18-11-15(3)10-16(4)12-18;/h10-12,17H,5-9,13-14,22H2,1-4H3,(H,23,25);1H. The Morgan fingerprint density at radius 3 is 2.30 bits per heavy atom. The first-order valence-electron chi connectivity index (χ1n) is 9.73. The van der Waals surface area contributed by atoms with Crippen LogP contribution in [0.15, 0.2) is 18.2 Å². The van der Waals surface area contributed by atoms with Crippen molar-refractivity contribution < 1.29 is 9.59 Å². The van der Waals surface area contributed by atoms with Crippen LogP contribution in [0, 0.1) is 19.8 Å². The molecule has 1 saturated heterocycles. The van der Waals surface area contributed by atoms with E-state index in [2.05, 4.69) is 11.4 Å². The third-order valence-corrected chi connectivity index (χ3v) is 5.68. The molecule has 0 aliphatic carbocycles. The van der Waals surface area contributed by atoms with E-state index in [0.717, 1.165) is 36.8 Å². The number of rotatable bonds is 6. The number of carbonyl (C=O) groups excluding carboxylic acids is 2. The summed E-state index contributed by atoms with van der Waals surface area (Å²) in [4.78, 5) is 27.5. The van der Waals surface area contributed by atoms with Gasteiger partial charge in [-0.25, -0.2) is 0 Å². The van der Waals surface area contributed by atoms with E-state index >= 15 is 0 Å². The van der Waals surface area contributed by atoms with E-state index in [0.29, 0.717) is 25.2 Å². The number of amides is 2. The molecule has 3 N–H and O–H groups in total. The van der Waals surface area contributed by atoms with Crippen molar-refractivity contribution in [2.75, 3.05) is 19.6 Å². The van der Waals surface area contributed by atoms with Crippen LogP contribution in [0.3, 0.4) is 0 Å². The van der Waals surface area contributed by atoms with Crippen molar-refractivity contribution >= 4 is 24.2 Å². The Bertz CT molecular complexity index is 630. The normalized spacial score (nSPS) is 17.2. The Morgan fingerprint density at radius 1 is 1.19 bits per heavy atom. The number of carbonyl (C=O) groups is 2. The molecule has 2 rings (SSSR count). The van der Waals surface area contributed by atoms with Crippen molar-refractivity contribution in [1.82, 2.24) is 10.2 Å². The van der Waals surface area contributed by atoms with Crippen molar-refractivity contribution in [3.63, 3.8) is 0 Å². The number of benzene rings is 1. The van der Waals surface area contributed by atoms with Crippen LogP contribution in [0.1, 0.15) is 61.0 Å². The molecule has 0 bridgehead atoms. The summed E-state index contributed by atoms with van der Waals surface area (Å²) in [5.41, 5.74) is 8.44. The Hall–Kier alpha value is -1.59. The molecule has 1 fully saturated rings. The summed E-state index contributed by atoms with van der Waals surface area (Å²) in [5.74, 6) is -0.120. The molecule has 152 valence electrons. The molecule has 1 aliphatic rings. The highest BCUT2D eigenvalue weighted by Crippen LogP contribution is 2.22. The van der Waals surface area contributed by atoms with Crippen LogP contribution < -0.4 is 11.1 Å². The average molecular weight is 396 g/mol. The third kappa shape index (κ3) is 5.69. The van der Waals surface area contributed by atoms with Gasteiger partial charge in [0.15, 0.2) is 0 Å². The molecule has 0 saturated carbocycles. The molecule has 0 spiro atoms. The summed E-state index contributed by atoms with van der Waals surface area (Å²) in [6.45, 7) is 9.71. The molecule has 2 amide bonds. The molecular formula is C21H34ClN3O2. The number of likely N-dealkylation sites (tertiary alicyclic amines) is 1. The summed E-state index contributed by atoms with van der Waals surface area (Å²) in [6, 6.07) is 5.91. The molecule has 1 atom stereocenters. The fourth-order valence-corrected chi connectivity index (χ4v) is 3.79. The smallest absolute Gasteiger partial charge is 0.253 e. The van der Waals surface area contributed by atoms with E-state index in [-0.39, 0.29) is 35.7 Å². The van der Waals surface area contributed by atoms with Crippen molar-refractivity contribution in [1.29, 1.82) is 0 Å². The van der Waals surface area contributed by atoms with Gasteiger partial charge in [-0.1, -0.05) is 31.0 Å². The van der Waals surface area contributed by atoms with E-state index in [4.69, 9.17) is 5.73 Å². The predicted molar refractivity (Wildman–Crippen MR) is 112 cm³/mol. The number of nitrogens with zero attached hydrogens (tertiary/aromatic N) is 1. The van der Waals surface area contributed by atoms with Crippen LogP contribution in [-0.4, -0.2) is 41.9 Å². The number of halogens is 1. The van der Waals surface area contributed by atoms with Crippen molar-refractivity contribution in [2.24, 2.45) is 11.7 Å². The highest BCUT2D eigenvalue weighted by atomic mass is 35.5. The fourth-order valence-electron chi connectivity index (χ4n) is 3.79. The van der Waals surface area contributed by atoms with Gasteiger partial charge in [0.25, 0.3) is 5.91 Å². The van der Waals surface area contributed by atoms with Gasteiger partial charge in [-0.3, -0.25) is 9.59 Å².